The monoisotopic (exact) mass is 238 g/mol. The maximum Gasteiger partial charge on any atom is 0.261 e. The lowest BCUT2D eigenvalue weighted by molar-refractivity contribution is -0.0992. The second kappa shape index (κ2) is 2.89. The van der Waals surface area contributed by atoms with Gasteiger partial charge in [0.1, 0.15) is 16.9 Å². The van der Waals surface area contributed by atoms with Gasteiger partial charge in [0.05, 0.1) is 0 Å². The number of hydrogen-bond acceptors (Lipinski definition) is 2. The summed E-state index contributed by atoms with van der Waals surface area (Å²) < 4.78 is 12.2. The van der Waals surface area contributed by atoms with E-state index in [4.69, 9.17) is 9.47 Å². The summed E-state index contributed by atoms with van der Waals surface area (Å²) in [6.07, 6.45) is 0. The summed E-state index contributed by atoms with van der Waals surface area (Å²) in [5, 5.41) is 0. The molecule has 0 spiro atoms. The van der Waals surface area contributed by atoms with Gasteiger partial charge in [-0.2, -0.15) is 0 Å². The maximum atomic E-state index is 6.08. The van der Waals surface area contributed by atoms with Crippen LogP contribution < -0.4 is 9.47 Å². The maximum absolute atomic E-state index is 6.08. The van der Waals surface area contributed by atoms with Gasteiger partial charge in [0.2, 0.25) is 0 Å². The molecular weight excluding hydrogens is 224 g/mol. The first-order valence-corrected chi connectivity index (χ1v) is 6.22. The van der Waals surface area contributed by atoms with E-state index in [-0.39, 0.29) is 5.41 Å². The fourth-order valence-electron chi connectivity index (χ4n) is 3.22. The van der Waals surface area contributed by atoms with E-state index in [1.165, 1.54) is 11.1 Å². The summed E-state index contributed by atoms with van der Waals surface area (Å²) >= 11 is 0. The molecule has 0 saturated carbocycles. The predicted octanol–water partition coefficient (Wildman–Crippen LogP) is 3.49. The Morgan fingerprint density at radius 3 is 1.67 bits per heavy atom. The highest BCUT2D eigenvalue weighted by molar-refractivity contribution is 5.59. The first kappa shape index (κ1) is 10.0. The Kier molecular flexibility index (Phi) is 1.61. The van der Waals surface area contributed by atoms with Crippen LogP contribution in [0.5, 0.6) is 11.5 Å². The molecule has 0 radical (unpaired) electrons. The summed E-state index contributed by atoms with van der Waals surface area (Å²) in [5.74, 6) is 1.22. The number of rotatable bonds is 0. The Hall–Kier alpha value is -1.96. The quantitative estimate of drug-likeness (QED) is 0.699. The van der Waals surface area contributed by atoms with E-state index in [2.05, 4.69) is 31.2 Å². The van der Waals surface area contributed by atoms with Crippen molar-refractivity contribution in [3.63, 3.8) is 0 Å². The topological polar surface area (TPSA) is 18.5 Å². The Morgan fingerprint density at radius 1 is 0.722 bits per heavy atom. The third-order valence-corrected chi connectivity index (χ3v) is 4.37. The highest BCUT2D eigenvalue weighted by Crippen LogP contribution is 2.59. The van der Waals surface area contributed by atoms with E-state index < -0.39 is 5.79 Å². The Morgan fingerprint density at radius 2 is 1.17 bits per heavy atom. The first-order chi connectivity index (χ1) is 8.65. The summed E-state index contributed by atoms with van der Waals surface area (Å²) in [6.45, 7) is 4.22. The van der Waals surface area contributed by atoms with Crippen LogP contribution in [0.2, 0.25) is 0 Å². The minimum absolute atomic E-state index is 0.236. The number of fused-ring (bicyclic) bond motifs is 5. The van der Waals surface area contributed by atoms with Crippen LogP contribution in [0.3, 0.4) is 0 Å². The van der Waals surface area contributed by atoms with Crippen molar-refractivity contribution in [1.29, 1.82) is 0 Å². The molecule has 90 valence electrons. The fourth-order valence-corrected chi connectivity index (χ4v) is 3.22. The minimum atomic E-state index is -0.639. The van der Waals surface area contributed by atoms with Gasteiger partial charge in [-0.3, -0.25) is 0 Å². The van der Waals surface area contributed by atoms with Crippen LogP contribution in [-0.2, 0) is 5.41 Å². The van der Waals surface area contributed by atoms with Gasteiger partial charge in [0, 0.05) is 18.1 Å². The van der Waals surface area contributed by atoms with Gasteiger partial charge in [0.25, 0.3) is 5.79 Å². The van der Waals surface area contributed by atoms with E-state index in [1.54, 1.807) is 0 Å². The molecular formula is C16H14O2. The third-order valence-electron chi connectivity index (χ3n) is 4.37. The van der Waals surface area contributed by atoms with Gasteiger partial charge < -0.3 is 9.47 Å². The van der Waals surface area contributed by atoms with Crippen molar-refractivity contribution in [1.82, 2.24) is 0 Å². The van der Waals surface area contributed by atoms with E-state index in [9.17, 15) is 0 Å². The van der Waals surface area contributed by atoms with Crippen LogP contribution in [0.15, 0.2) is 48.5 Å². The van der Waals surface area contributed by atoms with Crippen molar-refractivity contribution >= 4 is 0 Å². The van der Waals surface area contributed by atoms with Crippen LogP contribution in [0.25, 0.3) is 0 Å². The molecule has 4 rings (SSSR count). The lowest BCUT2D eigenvalue weighted by atomic mass is 9.73. The van der Waals surface area contributed by atoms with Crippen molar-refractivity contribution in [3.05, 3.63) is 59.7 Å². The Labute approximate surface area is 106 Å². The normalized spacial score (nSPS) is 31.0. The fraction of sp³-hybridized carbons (Fsp3) is 0.250. The van der Waals surface area contributed by atoms with Gasteiger partial charge in [-0.05, 0) is 19.1 Å². The average Bonchev–Trinajstić information content (AvgIpc) is 2.72. The van der Waals surface area contributed by atoms with E-state index in [1.807, 2.05) is 31.2 Å². The highest BCUT2D eigenvalue weighted by Gasteiger charge is 2.62. The molecule has 0 fully saturated rings. The standard InChI is InChI=1S/C16H14O2/c1-15-11-7-3-5-9-13(11)17-16(15,2)18-14-10-6-4-8-12(14)15/h3-10H,1-2H3. The lowest BCUT2D eigenvalue weighted by Crippen LogP contribution is -2.47. The molecule has 0 unspecified atom stereocenters. The van der Waals surface area contributed by atoms with Crippen LogP contribution in [0.4, 0.5) is 0 Å². The van der Waals surface area contributed by atoms with E-state index >= 15 is 0 Å². The summed E-state index contributed by atoms with van der Waals surface area (Å²) in [7, 11) is 0. The predicted molar refractivity (Wildman–Crippen MR) is 69.0 cm³/mol. The molecule has 2 aliphatic rings. The van der Waals surface area contributed by atoms with Gasteiger partial charge in [-0.25, -0.2) is 0 Å². The smallest absolute Gasteiger partial charge is 0.261 e. The first-order valence-electron chi connectivity index (χ1n) is 6.22. The third kappa shape index (κ3) is 0.916. The zero-order chi connectivity index (χ0) is 12.4. The van der Waals surface area contributed by atoms with Crippen molar-refractivity contribution < 1.29 is 9.47 Å². The molecule has 0 amide bonds. The summed E-state index contributed by atoms with van der Waals surface area (Å²) in [4.78, 5) is 0. The van der Waals surface area contributed by atoms with Crippen molar-refractivity contribution in [3.8, 4) is 11.5 Å². The number of hydrogen-bond donors (Lipinski definition) is 0. The largest absolute Gasteiger partial charge is 0.451 e. The van der Waals surface area contributed by atoms with Crippen molar-refractivity contribution in [2.24, 2.45) is 0 Å². The van der Waals surface area contributed by atoms with Gasteiger partial charge in [-0.1, -0.05) is 36.4 Å². The second-order valence-corrected chi connectivity index (χ2v) is 5.27. The van der Waals surface area contributed by atoms with E-state index in [0.717, 1.165) is 11.5 Å². The minimum Gasteiger partial charge on any atom is -0.451 e. The molecule has 0 N–H and O–H groups in total. The molecule has 0 aromatic heterocycles. The zero-order valence-corrected chi connectivity index (χ0v) is 10.4. The van der Waals surface area contributed by atoms with Crippen molar-refractivity contribution in [2.45, 2.75) is 25.0 Å². The van der Waals surface area contributed by atoms with Crippen LogP contribution >= 0.6 is 0 Å². The Balaban J connectivity index is 2.06. The molecule has 0 atom stereocenters. The lowest BCUT2D eigenvalue weighted by Gasteiger charge is -2.31. The average molecular weight is 238 g/mol. The molecule has 0 saturated heterocycles. The van der Waals surface area contributed by atoms with Gasteiger partial charge in [0.15, 0.2) is 0 Å². The molecule has 2 heterocycles. The molecule has 0 aliphatic carbocycles. The van der Waals surface area contributed by atoms with Gasteiger partial charge >= 0.3 is 0 Å². The zero-order valence-electron chi connectivity index (χ0n) is 10.4. The van der Waals surface area contributed by atoms with Crippen LogP contribution in [-0.4, -0.2) is 5.79 Å². The molecule has 2 aromatic rings. The highest BCUT2D eigenvalue weighted by atomic mass is 16.7. The SMILES string of the molecule is CC12Oc3ccccc3C1(C)c1ccccc1O2. The molecule has 18 heavy (non-hydrogen) atoms. The Bertz CT molecular complexity index is 596. The summed E-state index contributed by atoms with van der Waals surface area (Å²) in [5.41, 5.74) is 2.18. The van der Waals surface area contributed by atoms with E-state index in [0.29, 0.717) is 0 Å². The summed E-state index contributed by atoms with van der Waals surface area (Å²) in [6, 6.07) is 16.4. The van der Waals surface area contributed by atoms with Crippen molar-refractivity contribution in [2.75, 3.05) is 0 Å². The number of benzene rings is 2. The van der Waals surface area contributed by atoms with Crippen LogP contribution in [0.1, 0.15) is 25.0 Å². The number of ether oxygens (including phenoxy) is 2. The molecule has 2 nitrogen and oxygen atoms in total. The number of para-hydroxylation sites is 2. The molecule has 2 heteroatoms. The molecule has 0 bridgehead atoms. The molecule has 2 aromatic carbocycles. The van der Waals surface area contributed by atoms with Gasteiger partial charge in [-0.15, -0.1) is 0 Å². The second-order valence-electron chi connectivity index (χ2n) is 5.27. The molecule has 2 aliphatic heterocycles. The van der Waals surface area contributed by atoms with Crippen LogP contribution in [0, 0.1) is 0 Å².